The molecule has 104 valence electrons. The van der Waals surface area contributed by atoms with E-state index in [0.29, 0.717) is 6.54 Å². The van der Waals surface area contributed by atoms with Gasteiger partial charge in [-0.1, -0.05) is 18.2 Å². The summed E-state index contributed by atoms with van der Waals surface area (Å²) < 4.78 is 5.43. The number of ether oxygens (including phenoxy) is 1. The molecule has 2 aliphatic heterocycles. The summed E-state index contributed by atoms with van der Waals surface area (Å²) in [6.07, 6.45) is 5.67. The number of hydrogen-bond acceptors (Lipinski definition) is 5. The number of carbonyl (C=O) groups excluding carboxylic acids is 2. The first-order chi connectivity index (χ1) is 9.66. The molecule has 2 bridgehead atoms. The van der Waals surface area contributed by atoms with Crippen molar-refractivity contribution in [1.82, 2.24) is 10.3 Å². The quantitative estimate of drug-likeness (QED) is 0.712. The SMILES string of the molecule is O=C([O-])C1C2C=CC(O2)C1C(=O)NCc1cccnc1. The molecule has 4 atom stereocenters. The molecule has 3 heterocycles. The molecule has 6 heteroatoms. The average molecular weight is 273 g/mol. The van der Waals surface area contributed by atoms with Crippen molar-refractivity contribution >= 4 is 11.9 Å². The molecular formula is C14H13N2O4-. The maximum atomic E-state index is 12.2. The number of hydrogen-bond donors (Lipinski definition) is 1. The first-order valence-electron chi connectivity index (χ1n) is 6.38. The normalized spacial score (nSPS) is 30.4. The Morgan fingerprint density at radius 2 is 2.05 bits per heavy atom. The minimum Gasteiger partial charge on any atom is -0.550 e. The van der Waals surface area contributed by atoms with Gasteiger partial charge in [-0.2, -0.15) is 0 Å². The van der Waals surface area contributed by atoms with Crippen molar-refractivity contribution in [2.45, 2.75) is 18.8 Å². The van der Waals surface area contributed by atoms with E-state index in [1.54, 1.807) is 30.6 Å². The smallest absolute Gasteiger partial charge is 0.227 e. The van der Waals surface area contributed by atoms with Crippen LogP contribution in [0.4, 0.5) is 0 Å². The monoisotopic (exact) mass is 273 g/mol. The molecule has 1 fully saturated rings. The van der Waals surface area contributed by atoms with Gasteiger partial charge in [-0.25, -0.2) is 0 Å². The van der Waals surface area contributed by atoms with E-state index in [1.165, 1.54) is 0 Å². The molecule has 6 nitrogen and oxygen atoms in total. The highest BCUT2D eigenvalue weighted by Gasteiger charge is 2.50. The first kappa shape index (κ1) is 12.8. The Kier molecular flexibility index (Phi) is 3.23. The van der Waals surface area contributed by atoms with Crippen LogP contribution in [0.1, 0.15) is 5.56 Å². The second kappa shape index (κ2) is 5.05. The van der Waals surface area contributed by atoms with Crippen molar-refractivity contribution in [3.05, 3.63) is 42.2 Å². The molecule has 0 spiro atoms. The number of pyridine rings is 1. The molecule has 1 aromatic rings. The van der Waals surface area contributed by atoms with Crippen LogP contribution in [0, 0.1) is 11.8 Å². The lowest BCUT2D eigenvalue weighted by Gasteiger charge is -2.24. The van der Waals surface area contributed by atoms with Crippen molar-refractivity contribution in [1.29, 1.82) is 0 Å². The maximum absolute atomic E-state index is 12.2. The Morgan fingerprint density at radius 1 is 1.30 bits per heavy atom. The lowest BCUT2D eigenvalue weighted by Crippen LogP contribution is -2.46. The van der Waals surface area contributed by atoms with Gasteiger partial charge in [0.05, 0.1) is 18.1 Å². The number of aliphatic carboxylic acids is 1. The highest BCUT2D eigenvalue weighted by molar-refractivity contribution is 5.86. The topological polar surface area (TPSA) is 91.4 Å². The predicted octanol–water partition coefficient (Wildman–Crippen LogP) is -0.983. The molecule has 3 rings (SSSR count). The summed E-state index contributed by atoms with van der Waals surface area (Å²) in [5, 5.41) is 13.9. The molecule has 1 aromatic heterocycles. The number of aromatic nitrogens is 1. The average Bonchev–Trinajstić information content (AvgIpc) is 3.06. The van der Waals surface area contributed by atoms with Gasteiger partial charge in [0.2, 0.25) is 5.91 Å². The van der Waals surface area contributed by atoms with Gasteiger partial charge < -0.3 is 20.0 Å². The van der Waals surface area contributed by atoms with Crippen LogP contribution in [-0.4, -0.2) is 29.1 Å². The molecule has 1 amide bonds. The summed E-state index contributed by atoms with van der Waals surface area (Å²) in [5.41, 5.74) is 0.852. The number of fused-ring (bicyclic) bond motifs is 2. The van der Waals surface area contributed by atoms with Crippen LogP contribution in [0.15, 0.2) is 36.7 Å². The van der Waals surface area contributed by atoms with Gasteiger partial charge in [0.25, 0.3) is 0 Å². The number of amides is 1. The predicted molar refractivity (Wildman–Crippen MR) is 65.9 cm³/mol. The molecule has 0 aromatic carbocycles. The van der Waals surface area contributed by atoms with Crippen molar-refractivity contribution in [2.75, 3.05) is 0 Å². The Hall–Kier alpha value is -2.21. The zero-order valence-electron chi connectivity index (χ0n) is 10.6. The summed E-state index contributed by atoms with van der Waals surface area (Å²) in [6.45, 7) is 0.310. The third-order valence-corrected chi connectivity index (χ3v) is 3.66. The van der Waals surface area contributed by atoms with E-state index < -0.39 is 30.0 Å². The third kappa shape index (κ3) is 2.18. The molecule has 1 saturated heterocycles. The van der Waals surface area contributed by atoms with Crippen molar-refractivity contribution in [3.8, 4) is 0 Å². The number of carboxylic acids is 1. The van der Waals surface area contributed by atoms with Crippen LogP contribution < -0.4 is 10.4 Å². The standard InChI is InChI=1S/C14H14N2O4/c17-13(16-7-8-2-1-5-15-6-8)11-9-3-4-10(20-9)12(11)14(18)19/h1-6,9-12H,7H2,(H,16,17)(H,18,19)/p-1. The summed E-state index contributed by atoms with van der Waals surface area (Å²) in [5.74, 6) is -3.23. The minimum atomic E-state index is -1.25. The van der Waals surface area contributed by atoms with Crippen LogP contribution in [0.3, 0.4) is 0 Å². The van der Waals surface area contributed by atoms with E-state index >= 15 is 0 Å². The van der Waals surface area contributed by atoms with Gasteiger partial charge in [0.15, 0.2) is 0 Å². The number of nitrogens with zero attached hydrogens (tertiary/aromatic N) is 1. The second-order valence-corrected chi connectivity index (χ2v) is 4.90. The van der Waals surface area contributed by atoms with Crippen LogP contribution >= 0.6 is 0 Å². The van der Waals surface area contributed by atoms with Crippen molar-refractivity contribution in [3.63, 3.8) is 0 Å². The van der Waals surface area contributed by atoms with E-state index in [4.69, 9.17) is 4.74 Å². The molecule has 2 aliphatic rings. The maximum Gasteiger partial charge on any atom is 0.227 e. The van der Waals surface area contributed by atoms with Gasteiger partial charge in [0, 0.05) is 30.8 Å². The Labute approximate surface area is 115 Å². The van der Waals surface area contributed by atoms with E-state index in [1.807, 2.05) is 6.07 Å². The van der Waals surface area contributed by atoms with E-state index in [-0.39, 0.29) is 5.91 Å². The zero-order chi connectivity index (χ0) is 14.1. The van der Waals surface area contributed by atoms with E-state index in [2.05, 4.69) is 10.3 Å². The molecule has 0 saturated carbocycles. The van der Waals surface area contributed by atoms with Crippen LogP contribution in [0.2, 0.25) is 0 Å². The molecule has 20 heavy (non-hydrogen) atoms. The summed E-state index contributed by atoms with van der Waals surface area (Å²) in [7, 11) is 0. The molecular weight excluding hydrogens is 260 g/mol. The van der Waals surface area contributed by atoms with Gasteiger partial charge in [-0.15, -0.1) is 0 Å². The van der Waals surface area contributed by atoms with E-state index in [0.717, 1.165) is 5.56 Å². The number of carbonyl (C=O) groups is 2. The highest BCUT2D eigenvalue weighted by atomic mass is 16.5. The van der Waals surface area contributed by atoms with Gasteiger partial charge >= 0.3 is 0 Å². The lowest BCUT2D eigenvalue weighted by molar-refractivity contribution is -0.313. The number of carboxylic acid groups (broad SMARTS) is 1. The Morgan fingerprint density at radius 3 is 2.70 bits per heavy atom. The molecule has 0 radical (unpaired) electrons. The fraction of sp³-hybridized carbons (Fsp3) is 0.357. The van der Waals surface area contributed by atoms with Crippen molar-refractivity contribution < 1.29 is 19.4 Å². The lowest BCUT2D eigenvalue weighted by atomic mass is 9.82. The summed E-state index contributed by atoms with van der Waals surface area (Å²) in [4.78, 5) is 27.3. The van der Waals surface area contributed by atoms with Crippen LogP contribution in [-0.2, 0) is 20.9 Å². The van der Waals surface area contributed by atoms with Gasteiger partial charge in [-0.3, -0.25) is 9.78 Å². The molecule has 0 aliphatic carbocycles. The molecule has 1 N–H and O–H groups in total. The van der Waals surface area contributed by atoms with Crippen LogP contribution in [0.25, 0.3) is 0 Å². The minimum absolute atomic E-state index is 0.310. The summed E-state index contributed by atoms with van der Waals surface area (Å²) >= 11 is 0. The number of rotatable bonds is 4. The van der Waals surface area contributed by atoms with Gasteiger partial charge in [-0.05, 0) is 11.6 Å². The summed E-state index contributed by atoms with van der Waals surface area (Å²) in [6, 6.07) is 3.61. The largest absolute Gasteiger partial charge is 0.550 e. The highest BCUT2D eigenvalue weighted by Crippen LogP contribution is 2.38. The van der Waals surface area contributed by atoms with E-state index in [9.17, 15) is 14.7 Å². The van der Waals surface area contributed by atoms with Crippen LogP contribution in [0.5, 0.6) is 0 Å². The second-order valence-electron chi connectivity index (χ2n) is 4.90. The molecule has 4 unspecified atom stereocenters. The Balaban J connectivity index is 1.68. The third-order valence-electron chi connectivity index (χ3n) is 3.66. The zero-order valence-corrected chi connectivity index (χ0v) is 10.6. The fourth-order valence-electron chi connectivity index (χ4n) is 2.71. The van der Waals surface area contributed by atoms with Crippen molar-refractivity contribution in [2.24, 2.45) is 11.8 Å². The van der Waals surface area contributed by atoms with Gasteiger partial charge in [0.1, 0.15) is 0 Å². The number of nitrogens with one attached hydrogen (secondary N) is 1. The first-order valence-corrected chi connectivity index (χ1v) is 6.38. The fourth-order valence-corrected chi connectivity index (χ4v) is 2.71. The Bertz CT molecular complexity index is 558.